The van der Waals surface area contributed by atoms with Crippen molar-refractivity contribution >= 4 is 0 Å². The minimum absolute atomic E-state index is 0.0732. The van der Waals surface area contributed by atoms with Gasteiger partial charge >= 0.3 is 0 Å². The van der Waals surface area contributed by atoms with E-state index in [1.807, 2.05) is 24.0 Å². The highest BCUT2D eigenvalue weighted by molar-refractivity contribution is 5.00. The Hall–Kier alpha value is -0.870. The van der Waals surface area contributed by atoms with E-state index >= 15 is 0 Å². The van der Waals surface area contributed by atoms with E-state index in [1.54, 1.807) is 0 Å². The molecule has 0 spiro atoms. The largest absolute Gasteiger partial charge is 0.373 e. The molecule has 2 N–H and O–H groups in total. The van der Waals surface area contributed by atoms with Crippen LogP contribution in [0.15, 0.2) is 12.3 Å². The third-order valence-electron chi connectivity index (χ3n) is 4.11. The van der Waals surface area contributed by atoms with E-state index in [0.717, 1.165) is 31.8 Å². The Kier molecular flexibility index (Phi) is 4.40. The zero-order valence-corrected chi connectivity index (χ0v) is 11.6. The van der Waals surface area contributed by atoms with Crippen LogP contribution in [0.3, 0.4) is 0 Å². The molecule has 18 heavy (non-hydrogen) atoms. The lowest BCUT2D eigenvalue weighted by Gasteiger charge is -2.39. The molecule has 2 atom stereocenters. The van der Waals surface area contributed by atoms with E-state index in [0.29, 0.717) is 6.54 Å². The van der Waals surface area contributed by atoms with Gasteiger partial charge in [-0.1, -0.05) is 19.8 Å². The third kappa shape index (κ3) is 3.12. The van der Waals surface area contributed by atoms with E-state index in [9.17, 15) is 0 Å². The Morgan fingerprint density at radius 1 is 1.61 bits per heavy atom. The summed E-state index contributed by atoms with van der Waals surface area (Å²) in [6, 6.07) is 2.04. The highest BCUT2D eigenvalue weighted by Crippen LogP contribution is 2.34. The van der Waals surface area contributed by atoms with Crippen molar-refractivity contribution in [2.45, 2.75) is 44.6 Å². The minimum atomic E-state index is -0.0732. The number of aromatic nitrogens is 2. The van der Waals surface area contributed by atoms with Gasteiger partial charge < -0.3 is 10.5 Å². The zero-order chi connectivity index (χ0) is 13.0. The SMILES string of the molecule is CC1CCCC(CN)(OCCc2ccnn2C)C1. The summed E-state index contributed by atoms with van der Waals surface area (Å²) < 4.78 is 8.06. The summed E-state index contributed by atoms with van der Waals surface area (Å²) in [5.41, 5.74) is 7.09. The van der Waals surface area contributed by atoms with E-state index in [1.165, 1.54) is 18.5 Å². The predicted molar refractivity (Wildman–Crippen MR) is 72.3 cm³/mol. The van der Waals surface area contributed by atoms with Gasteiger partial charge in [0.25, 0.3) is 0 Å². The first kappa shape index (κ1) is 13.6. The monoisotopic (exact) mass is 251 g/mol. The quantitative estimate of drug-likeness (QED) is 0.869. The highest BCUT2D eigenvalue weighted by atomic mass is 16.5. The van der Waals surface area contributed by atoms with Crippen molar-refractivity contribution in [1.29, 1.82) is 0 Å². The molecular formula is C14H25N3O. The number of aryl methyl sites for hydroxylation is 1. The molecule has 0 aliphatic heterocycles. The van der Waals surface area contributed by atoms with Gasteiger partial charge in [0.15, 0.2) is 0 Å². The van der Waals surface area contributed by atoms with Crippen LogP contribution in [0, 0.1) is 5.92 Å². The Morgan fingerprint density at radius 3 is 3.06 bits per heavy atom. The summed E-state index contributed by atoms with van der Waals surface area (Å²) in [6.07, 6.45) is 7.51. The summed E-state index contributed by atoms with van der Waals surface area (Å²) in [4.78, 5) is 0. The van der Waals surface area contributed by atoms with Crippen LogP contribution in [0.4, 0.5) is 0 Å². The van der Waals surface area contributed by atoms with E-state index in [4.69, 9.17) is 10.5 Å². The molecule has 1 saturated carbocycles. The van der Waals surface area contributed by atoms with Crippen molar-refractivity contribution in [3.63, 3.8) is 0 Å². The molecule has 0 radical (unpaired) electrons. The maximum atomic E-state index is 6.15. The fourth-order valence-corrected chi connectivity index (χ4v) is 3.01. The van der Waals surface area contributed by atoms with Crippen LogP contribution in [-0.2, 0) is 18.2 Å². The lowest BCUT2D eigenvalue weighted by atomic mass is 9.79. The average Bonchev–Trinajstić information content (AvgIpc) is 2.75. The van der Waals surface area contributed by atoms with Crippen molar-refractivity contribution in [2.75, 3.05) is 13.2 Å². The van der Waals surface area contributed by atoms with Crippen LogP contribution in [0.1, 0.15) is 38.3 Å². The lowest BCUT2D eigenvalue weighted by Crippen LogP contribution is -2.45. The molecule has 1 aliphatic carbocycles. The van der Waals surface area contributed by atoms with E-state index in [2.05, 4.69) is 12.0 Å². The molecule has 2 rings (SSSR count). The summed E-state index contributed by atoms with van der Waals surface area (Å²) in [7, 11) is 1.97. The van der Waals surface area contributed by atoms with Crippen molar-refractivity contribution in [3.8, 4) is 0 Å². The molecule has 1 aliphatic rings. The lowest BCUT2D eigenvalue weighted by molar-refractivity contribution is -0.0733. The van der Waals surface area contributed by atoms with Gasteiger partial charge in [-0.25, -0.2) is 0 Å². The fraction of sp³-hybridized carbons (Fsp3) is 0.786. The van der Waals surface area contributed by atoms with Gasteiger partial charge in [-0.15, -0.1) is 0 Å². The van der Waals surface area contributed by atoms with Crippen LogP contribution >= 0.6 is 0 Å². The smallest absolute Gasteiger partial charge is 0.0806 e. The van der Waals surface area contributed by atoms with Crippen LogP contribution < -0.4 is 5.73 Å². The summed E-state index contributed by atoms with van der Waals surface area (Å²) in [5, 5.41) is 4.17. The molecule has 0 saturated heterocycles. The summed E-state index contributed by atoms with van der Waals surface area (Å²) in [5.74, 6) is 0.735. The molecule has 102 valence electrons. The van der Waals surface area contributed by atoms with Crippen LogP contribution in [0.5, 0.6) is 0 Å². The fourth-order valence-electron chi connectivity index (χ4n) is 3.01. The maximum absolute atomic E-state index is 6.15. The van der Waals surface area contributed by atoms with Crippen molar-refractivity contribution < 1.29 is 4.74 Å². The van der Waals surface area contributed by atoms with Gasteiger partial charge in [0.2, 0.25) is 0 Å². The molecule has 2 unspecified atom stereocenters. The van der Waals surface area contributed by atoms with Gasteiger partial charge in [0, 0.05) is 31.9 Å². The highest BCUT2D eigenvalue weighted by Gasteiger charge is 2.34. The Bertz CT molecular complexity index is 377. The van der Waals surface area contributed by atoms with Crippen molar-refractivity contribution in [1.82, 2.24) is 9.78 Å². The minimum Gasteiger partial charge on any atom is -0.373 e. The molecule has 1 heterocycles. The second-order valence-electron chi connectivity index (χ2n) is 5.63. The zero-order valence-electron chi connectivity index (χ0n) is 11.6. The molecule has 0 bridgehead atoms. The Balaban J connectivity index is 1.85. The first-order chi connectivity index (χ1) is 8.65. The first-order valence-corrected chi connectivity index (χ1v) is 6.96. The van der Waals surface area contributed by atoms with Gasteiger partial charge in [-0.2, -0.15) is 5.10 Å². The predicted octanol–water partition coefficient (Wildman–Crippen LogP) is 1.89. The molecule has 4 heteroatoms. The summed E-state index contributed by atoms with van der Waals surface area (Å²) >= 11 is 0. The number of rotatable bonds is 5. The maximum Gasteiger partial charge on any atom is 0.0806 e. The number of hydrogen-bond donors (Lipinski definition) is 1. The van der Waals surface area contributed by atoms with Gasteiger partial charge in [-0.3, -0.25) is 4.68 Å². The van der Waals surface area contributed by atoms with Gasteiger partial charge in [0.1, 0.15) is 0 Å². The Labute approximate surface area is 110 Å². The van der Waals surface area contributed by atoms with Crippen molar-refractivity contribution in [2.24, 2.45) is 18.7 Å². The molecule has 0 aromatic carbocycles. The van der Waals surface area contributed by atoms with Crippen LogP contribution in [-0.4, -0.2) is 28.5 Å². The topological polar surface area (TPSA) is 53.1 Å². The molecule has 1 aromatic rings. The number of nitrogens with two attached hydrogens (primary N) is 1. The van der Waals surface area contributed by atoms with Crippen LogP contribution in [0.2, 0.25) is 0 Å². The summed E-state index contributed by atoms with van der Waals surface area (Å²) in [6.45, 7) is 3.68. The molecule has 1 aromatic heterocycles. The standard InChI is InChI=1S/C14H25N3O/c1-12-4-3-7-14(10-12,11-15)18-9-6-13-5-8-16-17(13)2/h5,8,12H,3-4,6-7,9-11,15H2,1-2H3. The van der Waals surface area contributed by atoms with Crippen molar-refractivity contribution in [3.05, 3.63) is 18.0 Å². The number of hydrogen-bond acceptors (Lipinski definition) is 3. The molecule has 4 nitrogen and oxygen atoms in total. The first-order valence-electron chi connectivity index (χ1n) is 6.96. The van der Waals surface area contributed by atoms with Gasteiger partial charge in [-0.05, 0) is 24.8 Å². The number of nitrogens with zero attached hydrogens (tertiary/aromatic N) is 2. The Morgan fingerprint density at radius 2 is 2.44 bits per heavy atom. The van der Waals surface area contributed by atoms with Crippen LogP contribution in [0.25, 0.3) is 0 Å². The molecule has 1 fully saturated rings. The second-order valence-corrected chi connectivity index (χ2v) is 5.63. The number of ether oxygens (including phenoxy) is 1. The van der Waals surface area contributed by atoms with Gasteiger partial charge in [0.05, 0.1) is 12.2 Å². The third-order valence-corrected chi connectivity index (χ3v) is 4.11. The second kappa shape index (κ2) is 5.85. The van der Waals surface area contributed by atoms with E-state index in [-0.39, 0.29) is 5.60 Å². The normalized spacial score (nSPS) is 28.5. The average molecular weight is 251 g/mol. The van der Waals surface area contributed by atoms with E-state index < -0.39 is 0 Å². The molecule has 0 amide bonds. The molecular weight excluding hydrogens is 226 g/mol.